The van der Waals surface area contributed by atoms with Crippen molar-refractivity contribution in [2.45, 2.75) is 285 Å². The van der Waals surface area contributed by atoms with E-state index in [4.69, 9.17) is 19.4 Å². The molecule has 4 rings (SSSR count). The molecule has 0 bridgehead atoms. The smallest absolute Gasteiger partial charge is 0.222 e. The largest absolute Gasteiger partial charge is 0.477 e. The molecule has 0 N–H and O–H groups in total. The molecule has 2 aromatic carbocycles. The number of unbranched alkanes of at least 4 members (excludes halogenated alkanes) is 32. The van der Waals surface area contributed by atoms with Crippen LogP contribution in [0.4, 0.5) is 0 Å². The lowest BCUT2D eigenvalue weighted by atomic mass is 9.94. The molecule has 2 unspecified atom stereocenters. The molecule has 396 valence electrons. The molecule has 2 heterocycles. The van der Waals surface area contributed by atoms with Gasteiger partial charge >= 0.3 is 0 Å². The topological polar surface area (TPSA) is 44.2 Å². The first-order chi connectivity index (χ1) is 34.5. The average molecular weight is 1090 g/mol. The van der Waals surface area contributed by atoms with Gasteiger partial charge in [-0.05, 0) is 61.8 Å². The van der Waals surface area contributed by atoms with Gasteiger partial charge in [-0.2, -0.15) is 0 Å². The van der Waals surface area contributed by atoms with Crippen molar-refractivity contribution in [2.75, 3.05) is 13.2 Å². The number of nitrogens with zero attached hydrogens (tertiary/aromatic N) is 2. The summed E-state index contributed by atoms with van der Waals surface area (Å²) >= 11 is 7.59. The average Bonchev–Trinajstić information content (AvgIpc) is 3.36. The van der Waals surface area contributed by atoms with Crippen molar-refractivity contribution < 1.29 is 9.47 Å². The van der Waals surface area contributed by atoms with Gasteiger partial charge in [0.1, 0.15) is 0 Å². The third-order valence-electron chi connectivity index (χ3n) is 15.4. The Morgan fingerprint density at radius 3 is 0.843 bits per heavy atom. The van der Waals surface area contributed by atoms with Gasteiger partial charge in [-0.25, -0.2) is 9.97 Å². The number of hydrogen-bond acceptors (Lipinski definition) is 4. The Morgan fingerprint density at radius 2 is 0.586 bits per heavy atom. The van der Waals surface area contributed by atoms with Crippen molar-refractivity contribution in [1.29, 1.82) is 0 Å². The minimum absolute atomic E-state index is 0.519. The van der Waals surface area contributed by atoms with Crippen LogP contribution in [0.2, 0.25) is 0 Å². The quantitative estimate of drug-likeness (QED) is 0.0327. The minimum atomic E-state index is 0.519. The van der Waals surface area contributed by atoms with Crippen LogP contribution in [-0.2, 0) is 0 Å². The van der Waals surface area contributed by atoms with Crippen LogP contribution in [0.15, 0.2) is 45.3 Å². The second-order valence-electron chi connectivity index (χ2n) is 21.7. The summed E-state index contributed by atoms with van der Waals surface area (Å²) in [6, 6.07) is 13.0. The SMILES string of the molecule is CCCCCCCCCCCCC(CCCCCCCCCC)COc1nc2cc(Br)ccc2c2c(OCC(CCCCCCCCCC)CCCCCCCCCCCC)nc3cc(Br)ccc3c12. The summed E-state index contributed by atoms with van der Waals surface area (Å²) in [6.07, 6.45) is 54.0. The van der Waals surface area contributed by atoms with Gasteiger partial charge in [0.05, 0.1) is 35.0 Å². The van der Waals surface area contributed by atoms with E-state index in [9.17, 15) is 0 Å². The van der Waals surface area contributed by atoms with E-state index >= 15 is 0 Å². The van der Waals surface area contributed by atoms with Crippen LogP contribution in [-0.4, -0.2) is 23.2 Å². The normalized spacial score (nSPS) is 12.7. The lowest BCUT2D eigenvalue weighted by molar-refractivity contribution is 0.218. The minimum Gasteiger partial charge on any atom is -0.477 e. The zero-order valence-electron chi connectivity index (χ0n) is 45.8. The molecule has 0 fully saturated rings. The summed E-state index contributed by atoms with van der Waals surface area (Å²) in [7, 11) is 0. The van der Waals surface area contributed by atoms with E-state index in [0.717, 1.165) is 53.3 Å². The molecule has 0 spiro atoms. The molecule has 4 nitrogen and oxygen atoms in total. The Hall–Kier alpha value is -1.92. The number of rotatable bonds is 46. The first kappa shape index (κ1) is 60.6. The molecule has 0 amide bonds. The lowest BCUT2D eigenvalue weighted by Crippen LogP contribution is -2.15. The third kappa shape index (κ3) is 24.9. The summed E-state index contributed by atoms with van der Waals surface area (Å²) in [5.41, 5.74) is 1.85. The molecular formula is C64H104Br2N2O2. The van der Waals surface area contributed by atoms with E-state index in [2.05, 4.69) is 96.0 Å². The van der Waals surface area contributed by atoms with E-state index in [-0.39, 0.29) is 0 Å². The Bertz CT molecular complexity index is 1780. The first-order valence-corrected chi connectivity index (χ1v) is 31.8. The van der Waals surface area contributed by atoms with Crippen LogP contribution < -0.4 is 9.47 Å². The lowest BCUT2D eigenvalue weighted by Gasteiger charge is -2.21. The van der Waals surface area contributed by atoms with Gasteiger partial charge in [-0.15, -0.1) is 0 Å². The van der Waals surface area contributed by atoms with E-state index in [1.54, 1.807) is 0 Å². The van der Waals surface area contributed by atoms with Crippen LogP contribution in [0.3, 0.4) is 0 Å². The molecule has 2 aromatic heterocycles. The number of aromatic nitrogens is 2. The van der Waals surface area contributed by atoms with Crippen molar-refractivity contribution in [1.82, 2.24) is 9.97 Å². The molecular weight excluding hydrogens is 989 g/mol. The number of halogens is 2. The summed E-state index contributed by atoms with van der Waals surface area (Å²) < 4.78 is 16.3. The van der Waals surface area contributed by atoms with Crippen molar-refractivity contribution >= 4 is 64.4 Å². The Morgan fingerprint density at radius 1 is 0.343 bits per heavy atom. The van der Waals surface area contributed by atoms with Crippen LogP contribution >= 0.6 is 31.9 Å². The summed E-state index contributed by atoms with van der Waals surface area (Å²) in [5, 5.41) is 4.24. The Kier molecular flexibility index (Phi) is 34.2. The van der Waals surface area contributed by atoms with Crippen LogP contribution in [0.1, 0.15) is 285 Å². The van der Waals surface area contributed by atoms with Gasteiger partial charge < -0.3 is 9.47 Å². The van der Waals surface area contributed by atoms with Gasteiger partial charge in [0.15, 0.2) is 0 Å². The third-order valence-corrected chi connectivity index (χ3v) is 16.3. The molecule has 0 aliphatic heterocycles. The number of ether oxygens (including phenoxy) is 2. The summed E-state index contributed by atoms with van der Waals surface area (Å²) in [4.78, 5) is 10.7. The van der Waals surface area contributed by atoms with Crippen molar-refractivity contribution in [3.05, 3.63) is 45.3 Å². The number of hydrogen-bond donors (Lipinski definition) is 0. The van der Waals surface area contributed by atoms with E-state index in [0.29, 0.717) is 25.0 Å². The van der Waals surface area contributed by atoms with E-state index < -0.39 is 0 Å². The number of benzene rings is 2. The second-order valence-corrected chi connectivity index (χ2v) is 23.6. The van der Waals surface area contributed by atoms with E-state index in [1.165, 1.54) is 257 Å². The van der Waals surface area contributed by atoms with Crippen molar-refractivity contribution in [3.63, 3.8) is 0 Å². The number of pyridine rings is 2. The molecule has 0 radical (unpaired) electrons. The molecule has 4 aromatic rings. The zero-order valence-corrected chi connectivity index (χ0v) is 49.0. The van der Waals surface area contributed by atoms with Gasteiger partial charge in [-0.3, -0.25) is 0 Å². The van der Waals surface area contributed by atoms with Crippen LogP contribution in [0.5, 0.6) is 11.8 Å². The maximum Gasteiger partial charge on any atom is 0.222 e. The highest BCUT2D eigenvalue weighted by Crippen LogP contribution is 2.42. The van der Waals surface area contributed by atoms with Gasteiger partial charge in [0, 0.05) is 19.7 Å². The molecule has 2 atom stereocenters. The van der Waals surface area contributed by atoms with Crippen LogP contribution in [0, 0.1) is 11.8 Å². The highest BCUT2D eigenvalue weighted by Gasteiger charge is 2.22. The van der Waals surface area contributed by atoms with Gasteiger partial charge in [-0.1, -0.05) is 303 Å². The van der Waals surface area contributed by atoms with Gasteiger partial charge in [0.2, 0.25) is 11.8 Å². The molecule has 0 saturated heterocycles. The molecule has 0 saturated carbocycles. The summed E-state index contributed by atoms with van der Waals surface area (Å²) in [6.45, 7) is 10.6. The molecule has 70 heavy (non-hydrogen) atoms. The highest BCUT2D eigenvalue weighted by molar-refractivity contribution is 9.10. The summed E-state index contributed by atoms with van der Waals surface area (Å²) in [5.74, 6) is 2.49. The van der Waals surface area contributed by atoms with Crippen molar-refractivity contribution in [3.8, 4) is 11.8 Å². The standard InChI is InChI=1S/C64H104Br2N2O2/c1-5-9-13-17-21-25-27-31-35-39-43-53(41-37-33-29-23-19-15-11-7-3)51-69-63-61-57-47-45-56(66)50-60(57)68-64(62(61)58-48-46-55(65)49-59(58)67-63)70-52-54(42-38-34-30-24-20-16-12-8-4)44-40-36-32-28-26-22-18-14-10-6-2/h45-50,53-54H,5-44,51-52H2,1-4H3. The first-order valence-electron chi connectivity index (χ1n) is 30.3. The Labute approximate surface area is 447 Å². The Balaban J connectivity index is 1.54. The zero-order chi connectivity index (χ0) is 49.7. The predicted molar refractivity (Wildman–Crippen MR) is 315 cm³/mol. The fraction of sp³-hybridized carbons (Fsp3) is 0.750. The van der Waals surface area contributed by atoms with Crippen LogP contribution in [0.25, 0.3) is 32.6 Å². The maximum absolute atomic E-state index is 7.12. The highest BCUT2D eigenvalue weighted by atomic mass is 79.9. The fourth-order valence-electron chi connectivity index (χ4n) is 10.9. The predicted octanol–water partition coefficient (Wildman–Crippen LogP) is 23.1. The number of fused-ring (bicyclic) bond motifs is 5. The second kappa shape index (κ2) is 39.5. The molecule has 6 heteroatoms. The van der Waals surface area contributed by atoms with E-state index in [1.807, 2.05) is 0 Å². The van der Waals surface area contributed by atoms with Crippen molar-refractivity contribution in [2.24, 2.45) is 11.8 Å². The molecule has 0 aliphatic carbocycles. The monoisotopic (exact) mass is 1090 g/mol. The van der Waals surface area contributed by atoms with Gasteiger partial charge in [0.25, 0.3) is 0 Å². The maximum atomic E-state index is 7.12. The fourth-order valence-corrected chi connectivity index (χ4v) is 11.6. The molecule has 0 aliphatic rings.